The Hall–Kier alpha value is -1.82. The Morgan fingerprint density at radius 3 is 2.75 bits per heavy atom. The highest BCUT2D eigenvalue weighted by molar-refractivity contribution is 7.80. The van der Waals surface area contributed by atoms with Gasteiger partial charge in [-0.3, -0.25) is 4.57 Å². The first-order valence-corrected chi connectivity index (χ1v) is 5.27. The number of nitrogens with zero attached hydrogens (tertiary/aromatic N) is 4. The Balaban J connectivity index is 2.38. The van der Waals surface area contributed by atoms with Crippen molar-refractivity contribution < 1.29 is 0 Å². The Labute approximate surface area is 98.4 Å². The van der Waals surface area contributed by atoms with Crippen molar-refractivity contribution in [2.75, 3.05) is 0 Å². The third-order valence-electron chi connectivity index (χ3n) is 2.17. The van der Waals surface area contributed by atoms with Gasteiger partial charge in [0.2, 0.25) is 0 Å². The number of hydrogen-bond donors (Lipinski definition) is 1. The molecule has 0 aromatic carbocycles. The molecular weight excluding hydrogens is 222 g/mol. The van der Waals surface area contributed by atoms with Gasteiger partial charge in [-0.1, -0.05) is 19.1 Å². The van der Waals surface area contributed by atoms with Crippen LogP contribution in [0.25, 0.3) is 5.82 Å². The van der Waals surface area contributed by atoms with Gasteiger partial charge >= 0.3 is 0 Å². The quantitative estimate of drug-likeness (QED) is 0.796. The molecule has 0 aliphatic heterocycles. The van der Waals surface area contributed by atoms with Gasteiger partial charge in [0, 0.05) is 18.8 Å². The lowest BCUT2D eigenvalue weighted by atomic mass is 10.4. The summed E-state index contributed by atoms with van der Waals surface area (Å²) in [5.74, 6) is 1.66. The molecule has 0 atom stereocenters. The Morgan fingerprint density at radius 2 is 2.19 bits per heavy atom. The zero-order valence-electron chi connectivity index (χ0n) is 8.79. The predicted molar refractivity (Wildman–Crippen MR) is 64.4 cm³/mol. The lowest BCUT2D eigenvalue weighted by Crippen LogP contribution is -2.13. The van der Waals surface area contributed by atoms with Gasteiger partial charge in [-0.2, -0.15) is 0 Å². The summed E-state index contributed by atoms with van der Waals surface area (Å²) in [5, 5.41) is 0. The summed E-state index contributed by atoms with van der Waals surface area (Å²) in [6, 6.07) is 0. The molecule has 0 amide bonds. The predicted octanol–water partition coefficient (Wildman–Crippen LogP) is 0.859. The molecule has 0 spiro atoms. The lowest BCUT2D eigenvalue weighted by Gasteiger charge is -2.05. The van der Waals surface area contributed by atoms with Gasteiger partial charge < -0.3 is 5.73 Å². The van der Waals surface area contributed by atoms with E-state index in [2.05, 4.69) is 15.0 Å². The third kappa shape index (κ3) is 1.92. The van der Waals surface area contributed by atoms with Crippen molar-refractivity contribution in [2.24, 2.45) is 5.73 Å². The van der Waals surface area contributed by atoms with Crippen LogP contribution >= 0.6 is 12.2 Å². The fraction of sp³-hybridized carbons (Fsp3) is 0.200. The highest BCUT2D eigenvalue weighted by Crippen LogP contribution is 2.07. The van der Waals surface area contributed by atoms with Crippen LogP contribution in [0, 0.1) is 0 Å². The fourth-order valence-electron chi connectivity index (χ4n) is 1.38. The molecule has 6 heteroatoms. The number of aryl methyl sites for hydroxylation is 1. The molecule has 0 radical (unpaired) electrons. The molecule has 0 bridgehead atoms. The first-order valence-electron chi connectivity index (χ1n) is 4.86. The van der Waals surface area contributed by atoms with E-state index in [9.17, 15) is 0 Å². The van der Waals surface area contributed by atoms with Crippen molar-refractivity contribution in [3.8, 4) is 5.82 Å². The second-order valence-corrected chi connectivity index (χ2v) is 3.63. The molecule has 2 aromatic heterocycles. The molecule has 0 fully saturated rings. The standard InChI is InChI=1S/C10H11N5S/c1-2-8-12-3-4-15(8)9-6-13-7(5-14-9)10(11)16/h3-6H,2H2,1H3,(H2,11,16). The summed E-state index contributed by atoms with van der Waals surface area (Å²) in [6.45, 7) is 2.04. The molecule has 2 rings (SSSR count). The number of hydrogen-bond acceptors (Lipinski definition) is 4. The van der Waals surface area contributed by atoms with E-state index >= 15 is 0 Å². The number of imidazole rings is 1. The van der Waals surface area contributed by atoms with Crippen molar-refractivity contribution in [2.45, 2.75) is 13.3 Å². The Bertz CT molecular complexity index is 502. The average molecular weight is 233 g/mol. The van der Waals surface area contributed by atoms with Crippen molar-refractivity contribution in [3.05, 3.63) is 36.3 Å². The molecule has 0 saturated heterocycles. The van der Waals surface area contributed by atoms with Crippen LogP contribution in [0.5, 0.6) is 0 Å². The van der Waals surface area contributed by atoms with Gasteiger partial charge in [-0.25, -0.2) is 15.0 Å². The summed E-state index contributed by atoms with van der Waals surface area (Å²) >= 11 is 4.81. The summed E-state index contributed by atoms with van der Waals surface area (Å²) < 4.78 is 1.89. The van der Waals surface area contributed by atoms with Crippen molar-refractivity contribution in [1.29, 1.82) is 0 Å². The molecule has 2 aromatic rings. The van der Waals surface area contributed by atoms with Crippen LogP contribution in [-0.2, 0) is 6.42 Å². The van der Waals surface area contributed by atoms with Crippen LogP contribution in [0.15, 0.2) is 24.8 Å². The molecule has 2 heterocycles. The Morgan fingerprint density at radius 1 is 1.38 bits per heavy atom. The first kappa shape index (κ1) is 10.7. The van der Waals surface area contributed by atoms with Gasteiger partial charge in [0.05, 0.1) is 12.4 Å². The van der Waals surface area contributed by atoms with Crippen molar-refractivity contribution >= 4 is 17.2 Å². The van der Waals surface area contributed by atoms with Crippen LogP contribution < -0.4 is 5.73 Å². The zero-order valence-corrected chi connectivity index (χ0v) is 9.61. The average Bonchev–Trinajstić information content (AvgIpc) is 2.77. The topological polar surface area (TPSA) is 69.6 Å². The van der Waals surface area contributed by atoms with Gasteiger partial charge in [0.25, 0.3) is 0 Å². The zero-order chi connectivity index (χ0) is 11.5. The first-order chi connectivity index (χ1) is 7.72. The molecule has 0 aliphatic carbocycles. The van der Waals surface area contributed by atoms with Gasteiger partial charge in [0.1, 0.15) is 16.5 Å². The van der Waals surface area contributed by atoms with Gasteiger partial charge in [-0.05, 0) is 0 Å². The van der Waals surface area contributed by atoms with E-state index in [-0.39, 0.29) is 4.99 Å². The minimum Gasteiger partial charge on any atom is -0.388 e. The molecule has 0 unspecified atom stereocenters. The van der Waals surface area contributed by atoms with E-state index in [4.69, 9.17) is 18.0 Å². The van der Waals surface area contributed by atoms with Crippen LogP contribution in [-0.4, -0.2) is 24.5 Å². The number of thiocarbonyl (C=S) groups is 1. The van der Waals surface area contributed by atoms with Crippen molar-refractivity contribution in [3.63, 3.8) is 0 Å². The second-order valence-electron chi connectivity index (χ2n) is 3.19. The van der Waals surface area contributed by atoms with Crippen LogP contribution in [0.4, 0.5) is 0 Å². The summed E-state index contributed by atoms with van der Waals surface area (Å²) in [4.78, 5) is 12.8. The number of rotatable bonds is 3. The summed E-state index contributed by atoms with van der Waals surface area (Å²) in [6.07, 6.45) is 7.63. The van der Waals surface area contributed by atoms with E-state index in [0.717, 1.165) is 12.2 Å². The maximum atomic E-state index is 5.45. The molecular formula is C10H11N5S. The molecule has 0 aliphatic rings. The van der Waals surface area contributed by atoms with Crippen LogP contribution in [0.3, 0.4) is 0 Å². The smallest absolute Gasteiger partial charge is 0.156 e. The molecule has 16 heavy (non-hydrogen) atoms. The summed E-state index contributed by atoms with van der Waals surface area (Å²) in [5.41, 5.74) is 5.97. The van der Waals surface area contributed by atoms with E-state index in [1.807, 2.05) is 17.7 Å². The molecule has 5 nitrogen and oxygen atoms in total. The largest absolute Gasteiger partial charge is 0.388 e. The van der Waals surface area contributed by atoms with Gasteiger partial charge in [0.15, 0.2) is 5.82 Å². The second kappa shape index (κ2) is 4.36. The molecule has 82 valence electrons. The molecule has 2 N–H and O–H groups in total. The normalized spacial score (nSPS) is 10.3. The number of aromatic nitrogens is 4. The minimum absolute atomic E-state index is 0.250. The SMILES string of the molecule is CCc1nccn1-c1cnc(C(N)=S)cn1. The highest BCUT2D eigenvalue weighted by Gasteiger charge is 2.05. The maximum absolute atomic E-state index is 5.45. The third-order valence-corrected chi connectivity index (χ3v) is 2.38. The van der Waals surface area contributed by atoms with Crippen LogP contribution in [0.2, 0.25) is 0 Å². The van der Waals surface area contributed by atoms with E-state index < -0.39 is 0 Å². The molecule has 0 saturated carbocycles. The van der Waals surface area contributed by atoms with Gasteiger partial charge in [-0.15, -0.1) is 0 Å². The lowest BCUT2D eigenvalue weighted by molar-refractivity contribution is 0.859. The van der Waals surface area contributed by atoms with E-state index in [0.29, 0.717) is 11.5 Å². The maximum Gasteiger partial charge on any atom is 0.156 e. The highest BCUT2D eigenvalue weighted by atomic mass is 32.1. The van der Waals surface area contributed by atoms with E-state index in [1.54, 1.807) is 18.6 Å². The fourth-order valence-corrected chi connectivity index (χ4v) is 1.48. The minimum atomic E-state index is 0.250. The van der Waals surface area contributed by atoms with Crippen LogP contribution in [0.1, 0.15) is 18.4 Å². The summed E-state index contributed by atoms with van der Waals surface area (Å²) in [7, 11) is 0. The Kier molecular flexibility index (Phi) is 2.91. The van der Waals surface area contributed by atoms with Crippen molar-refractivity contribution in [1.82, 2.24) is 19.5 Å². The van der Waals surface area contributed by atoms with E-state index in [1.165, 1.54) is 0 Å². The monoisotopic (exact) mass is 233 g/mol. The number of nitrogens with two attached hydrogens (primary N) is 1.